The molecule has 13 N–H and O–H groups in total. The zero-order valence-corrected chi connectivity index (χ0v) is 47.1. The number of aromatic nitrogens is 1. The first-order chi connectivity index (χ1) is 38.0. The van der Waals surface area contributed by atoms with Gasteiger partial charge in [0.05, 0.1) is 18.8 Å². The Balaban J connectivity index is 1.24. The quantitative estimate of drug-likeness (QED) is 0.0391. The Morgan fingerprint density at radius 1 is 0.688 bits per heavy atom. The van der Waals surface area contributed by atoms with Crippen molar-refractivity contribution < 1.29 is 73.2 Å². The number of carbonyl (C=O) groups excluding carboxylic acids is 9. The van der Waals surface area contributed by atoms with Crippen molar-refractivity contribution in [2.24, 2.45) is 11.7 Å². The first-order valence-electron chi connectivity index (χ1n) is 26.9. The van der Waals surface area contributed by atoms with Gasteiger partial charge in [-0.05, 0) is 101 Å². The van der Waals surface area contributed by atoms with Crippen molar-refractivity contribution in [1.82, 2.24) is 51.6 Å². The topological polar surface area (TPSA) is 392 Å². The molecule has 0 bridgehead atoms. The normalized spacial score (nSPS) is 20.2. The molecule has 26 nitrogen and oxygen atoms in total. The summed E-state index contributed by atoms with van der Waals surface area (Å²) in [6.07, 6.45) is 2.79. The van der Waals surface area contributed by atoms with Gasteiger partial charge in [-0.15, -0.1) is 0 Å². The predicted molar refractivity (Wildman–Crippen MR) is 295 cm³/mol. The second kappa shape index (κ2) is 30.4. The van der Waals surface area contributed by atoms with Crippen molar-refractivity contribution >= 4 is 100 Å². The van der Waals surface area contributed by atoms with Crippen molar-refractivity contribution in [3.05, 3.63) is 36.0 Å². The van der Waals surface area contributed by atoms with Crippen LogP contribution in [0, 0.1) is 5.92 Å². The van der Waals surface area contributed by atoms with Crippen LogP contribution in [0.5, 0.6) is 0 Å². The molecule has 0 unspecified atom stereocenters. The van der Waals surface area contributed by atoms with E-state index in [0.29, 0.717) is 18.6 Å². The van der Waals surface area contributed by atoms with E-state index in [1.807, 2.05) is 24.3 Å². The Labute approximate surface area is 473 Å². The number of nitrogens with two attached hydrogens (primary N) is 1. The van der Waals surface area contributed by atoms with Crippen molar-refractivity contribution in [1.29, 1.82) is 0 Å². The van der Waals surface area contributed by atoms with Crippen LogP contribution in [-0.4, -0.2) is 216 Å². The van der Waals surface area contributed by atoms with Crippen molar-refractivity contribution in [2.75, 3.05) is 44.0 Å². The third kappa shape index (κ3) is 17.0. The van der Waals surface area contributed by atoms with Gasteiger partial charge in [0.1, 0.15) is 54.4 Å². The number of aliphatic hydroxyl groups is 2. The molecule has 1 aromatic heterocycles. The lowest BCUT2D eigenvalue weighted by Crippen LogP contribution is -2.62. The van der Waals surface area contributed by atoms with E-state index in [0.717, 1.165) is 21.4 Å². The molecule has 5 rings (SSSR count). The summed E-state index contributed by atoms with van der Waals surface area (Å²) in [6.45, 7) is 3.98. The molecule has 80 heavy (non-hydrogen) atoms. The van der Waals surface area contributed by atoms with Gasteiger partial charge in [-0.2, -0.15) is 24.4 Å². The van der Waals surface area contributed by atoms with Crippen LogP contribution in [0.1, 0.15) is 90.5 Å². The molecule has 3 saturated heterocycles. The van der Waals surface area contributed by atoms with E-state index in [1.54, 1.807) is 26.3 Å². The molecule has 3 aliphatic heterocycles. The van der Waals surface area contributed by atoms with Gasteiger partial charge < -0.3 is 77.7 Å². The fraction of sp³-hybridized carbons (Fsp3) is 0.635. The Hall–Kier alpha value is -6.49. The van der Waals surface area contributed by atoms with Gasteiger partial charge in [0.25, 0.3) is 0 Å². The van der Waals surface area contributed by atoms with Crippen LogP contribution in [0.2, 0.25) is 0 Å². The number of carbonyl (C=O) groups is 11. The number of nitrogens with one attached hydrogen (secondary N) is 7. The van der Waals surface area contributed by atoms with Gasteiger partial charge >= 0.3 is 11.9 Å². The summed E-state index contributed by atoms with van der Waals surface area (Å²) in [5, 5.41) is 56.4. The zero-order chi connectivity index (χ0) is 59.0. The Morgan fingerprint density at radius 2 is 1.19 bits per heavy atom. The van der Waals surface area contributed by atoms with E-state index in [2.05, 4.69) is 49.5 Å². The number of aromatic amines is 1. The second-order valence-electron chi connectivity index (χ2n) is 20.8. The average Bonchev–Trinajstić information content (AvgIpc) is 4.30. The summed E-state index contributed by atoms with van der Waals surface area (Å²) in [6, 6.07) is -5.64. The SMILES string of the molecule is CSCC[C@H](NC(=O)[C@@H]1CCCN1C(=O)[C@H](CCC(=O)O)NC(=O)[C@@H]1CCCN1C(=O)[C@@H](NC(=O)[C@H](CO)NC(=O)[C@H](CC(C)C)NC(=O)[C@@H](N)Cc1c[nH]c2ccccc12)[C@@H](C)O)C(=O)N1CCC[C@H]1C(=O)N[C@@H](CS)C(=O)O. The van der Waals surface area contributed by atoms with Crippen LogP contribution >= 0.6 is 24.4 Å². The minimum absolute atomic E-state index is 0.0246. The fourth-order valence-corrected chi connectivity index (χ4v) is 10.9. The first kappa shape index (κ1) is 64.3. The van der Waals surface area contributed by atoms with Gasteiger partial charge in [0.2, 0.25) is 53.2 Å². The molecule has 442 valence electrons. The summed E-state index contributed by atoms with van der Waals surface area (Å²) in [5.74, 6) is -9.65. The zero-order valence-electron chi connectivity index (χ0n) is 45.4. The number of fused-ring (bicyclic) bond motifs is 1. The molecule has 0 aliphatic carbocycles. The molecular weight excluding hydrogens is 1080 g/mol. The van der Waals surface area contributed by atoms with E-state index in [-0.39, 0.29) is 76.3 Å². The molecule has 0 spiro atoms. The van der Waals surface area contributed by atoms with Gasteiger partial charge in [0.15, 0.2) is 0 Å². The maximum absolute atomic E-state index is 14.4. The maximum atomic E-state index is 14.4. The van der Waals surface area contributed by atoms with Gasteiger partial charge in [-0.3, -0.25) is 47.9 Å². The lowest BCUT2D eigenvalue weighted by atomic mass is 10.0. The summed E-state index contributed by atoms with van der Waals surface area (Å²) < 4.78 is 0. The van der Waals surface area contributed by atoms with E-state index in [1.165, 1.54) is 28.5 Å². The van der Waals surface area contributed by atoms with Crippen LogP contribution in [0.15, 0.2) is 30.5 Å². The Morgan fingerprint density at radius 3 is 1.68 bits per heavy atom. The number of benzene rings is 1. The summed E-state index contributed by atoms with van der Waals surface area (Å²) in [4.78, 5) is 155. The minimum Gasteiger partial charge on any atom is -0.481 e. The molecular formula is C52H77N11O15S2. The van der Waals surface area contributed by atoms with Gasteiger partial charge in [-0.25, -0.2) is 4.79 Å². The number of hydrogen-bond acceptors (Lipinski definition) is 16. The number of amides is 9. The Kier molecular flexibility index (Phi) is 24.4. The van der Waals surface area contributed by atoms with Gasteiger partial charge in [-0.1, -0.05) is 32.0 Å². The third-order valence-corrected chi connectivity index (χ3v) is 15.5. The standard InChI is InChI=1S/C52H77N11O15S2/c1-27(2)22-35(57-43(68)31(53)23-29-24-54-32-11-6-5-10-30(29)32)44(69)58-36(25-64)45(70)60-42(28(3)65)51(76)63-20-9-14-40(63)47(72)55-33(15-16-41(66)67)49(74)61-18-7-12-38(61)46(71)56-34(17-21-80-4)50(75)62-19-8-13-39(62)48(73)59-37(26-79)52(77)78/h5-6,10-11,24,27-28,31,33-40,42,54,64-65,79H,7-9,12-23,25-26,53H2,1-4H3,(H,55,72)(H,56,71)(H,57,68)(H,58,69)(H,59,73)(H,60,70)(H,66,67)(H,77,78)/t28-,31+,33+,34+,35+,36+,37+,38+,39+,40+,42+/m1/s1. The van der Waals surface area contributed by atoms with Crippen molar-refractivity contribution in [3.8, 4) is 0 Å². The highest BCUT2D eigenvalue weighted by Crippen LogP contribution is 2.25. The minimum atomic E-state index is -1.73. The highest BCUT2D eigenvalue weighted by molar-refractivity contribution is 7.98. The lowest BCUT2D eigenvalue weighted by Gasteiger charge is -2.33. The maximum Gasteiger partial charge on any atom is 0.327 e. The largest absolute Gasteiger partial charge is 0.481 e. The van der Waals surface area contributed by atoms with E-state index < -0.39 is 151 Å². The number of carboxylic acids is 2. The van der Waals surface area contributed by atoms with Crippen LogP contribution in [0.3, 0.4) is 0 Å². The van der Waals surface area contributed by atoms with Crippen molar-refractivity contribution in [3.63, 3.8) is 0 Å². The molecule has 3 fully saturated rings. The number of H-pyrrole nitrogens is 1. The van der Waals surface area contributed by atoms with E-state index in [4.69, 9.17) is 5.73 Å². The summed E-state index contributed by atoms with van der Waals surface area (Å²) in [7, 11) is 0. The van der Waals surface area contributed by atoms with Crippen LogP contribution in [0.4, 0.5) is 0 Å². The smallest absolute Gasteiger partial charge is 0.327 e. The summed E-state index contributed by atoms with van der Waals surface area (Å²) in [5.41, 5.74) is 7.93. The molecule has 1 aromatic carbocycles. The number of rotatable bonds is 29. The highest BCUT2D eigenvalue weighted by Gasteiger charge is 2.45. The molecule has 28 heteroatoms. The Bertz CT molecular complexity index is 2570. The second-order valence-corrected chi connectivity index (χ2v) is 22.2. The molecule has 0 saturated carbocycles. The number of nitrogens with zero attached hydrogens (tertiary/aromatic N) is 3. The number of aliphatic carboxylic acids is 2. The van der Waals surface area contributed by atoms with Crippen LogP contribution in [0.25, 0.3) is 10.9 Å². The molecule has 11 atom stereocenters. The van der Waals surface area contributed by atoms with E-state index in [9.17, 15) is 73.2 Å². The molecule has 0 radical (unpaired) electrons. The van der Waals surface area contributed by atoms with Crippen LogP contribution < -0.4 is 37.6 Å². The highest BCUT2D eigenvalue weighted by atomic mass is 32.2. The third-order valence-electron chi connectivity index (χ3n) is 14.5. The average molecular weight is 1160 g/mol. The number of para-hydroxylation sites is 1. The molecule has 3 aliphatic rings. The number of thioether (sulfide) groups is 1. The number of aliphatic hydroxyl groups excluding tert-OH is 2. The lowest BCUT2D eigenvalue weighted by molar-refractivity contribution is -0.147. The van der Waals surface area contributed by atoms with Crippen molar-refractivity contribution in [2.45, 2.75) is 158 Å². The monoisotopic (exact) mass is 1160 g/mol. The fourth-order valence-electron chi connectivity index (χ4n) is 10.2. The molecule has 2 aromatic rings. The summed E-state index contributed by atoms with van der Waals surface area (Å²) >= 11 is 5.39. The van der Waals surface area contributed by atoms with E-state index >= 15 is 0 Å². The number of carboxylic acid groups (broad SMARTS) is 2. The number of hydrogen-bond donors (Lipinski definition) is 13. The van der Waals surface area contributed by atoms with Gasteiger partial charge in [0, 0.05) is 48.9 Å². The number of likely N-dealkylation sites (tertiary alicyclic amines) is 3. The van der Waals surface area contributed by atoms with Crippen LogP contribution in [-0.2, 0) is 59.2 Å². The molecule has 4 heterocycles. The molecule has 9 amide bonds. The first-order valence-corrected chi connectivity index (χ1v) is 28.9. The predicted octanol–water partition coefficient (Wildman–Crippen LogP) is -2.03. The number of thiol groups is 1.